The Hall–Kier alpha value is -2.80. The quantitative estimate of drug-likeness (QED) is 0.740. The molecule has 0 unspecified atom stereocenters. The molecule has 31 heavy (non-hydrogen) atoms. The summed E-state index contributed by atoms with van der Waals surface area (Å²) in [5.74, 6) is 1.56. The van der Waals surface area contributed by atoms with E-state index >= 15 is 0 Å². The number of carbonyl (C=O) groups is 2. The maximum atomic E-state index is 12.8. The highest BCUT2D eigenvalue weighted by atomic mass is 16.5. The Morgan fingerprint density at radius 3 is 2.65 bits per heavy atom. The van der Waals surface area contributed by atoms with Gasteiger partial charge in [0.25, 0.3) is 5.91 Å². The molecule has 2 aliphatic heterocycles. The van der Waals surface area contributed by atoms with Gasteiger partial charge in [0.05, 0.1) is 6.54 Å². The molecule has 2 aromatic rings. The summed E-state index contributed by atoms with van der Waals surface area (Å²) >= 11 is 0. The van der Waals surface area contributed by atoms with Gasteiger partial charge in [-0.05, 0) is 39.2 Å². The Balaban J connectivity index is 1.61. The van der Waals surface area contributed by atoms with Gasteiger partial charge in [-0.3, -0.25) is 14.5 Å². The van der Waals surface area contributed by atoms with Crippen LogP contribution in [0.4, 0.5) is 5.82 Å². The maximum Gasteiger partial charge on any atom is 0.254 e. The van der Waals surface area contributed by atoms with E-state index in [2.05, 4.69) is 0 Å². The van der Waals surface area contributed by atoms with E-state index in [4.69, 9.17) is 14.7 Å². The number of ether oxygens (including phenoxy) is 1. The summed E-state index contributed by atoms with van der Waals surface area (Å²) in [6.45, 7) is 7.29. The summed E-state index contributed by atoms with van der Waals surface area (Å²) in [5, 5.41) is 0. The molecule has 0 aliphatic carbocycles. The minimum absolute atomic E-state index is 0.0203. The molecule has 2 amide bonds. The van der Waals surface area contributed by atoms with Gasteiger partial charge in [-0.25, -0.2) is 9.97 Å². The molecule has 3 heterocycles. The minimum atomic E-state index is -0.847. The van der Waals surface area contributed by atoms with Crippen molar-refractivity contribution in [2.24, 2.45) is 0 Å². The second-order valence-electron chi connectivity index (χ2n) is 8.89. The summed E-state index contributed by atoms with van der Waals surface area (Å²) in [7, 11) is 1.56. The van der Waals surface area contributed by atoms with Crippen LogP contribution in [0.1, 0.15) is 55.3 Å². The first-order chi connectivity index (χ1) is 14.8. The Labute approximate surface area is 183 Å². The van der Waals surface area contributed by atoms with Crippen LogP contribution in [0, 0.1) is 6.92 Å². The second kappa shape index (κ2) is 8.38. The van der Waals surface area contributed by atoms with Crippen molar-refractivity contribution >= 4 is 17.6 Å². The monoisotopic (exact) mass is 422 g/mol. The Bertz CT molecular complexity index is 990. The van der Waals surface area contributed by atoms with Crippen LogP contribution in [0.3, 0.4) is 0 Å². The van der Waals surface area contributed by atoms with Gasteiger partial charge in [0.1, 0.15) is 17.2 Å². The standard InChI is InChI=1S/C24H30N4O3/c1-16-19-10-11-20(29)28(14-17-8-6-5-7-9-17)22(19)26-21(25-16)18-12-13-27(15-18)23(30)24(2,3)31-4/h5-9,18H,10-15H2,1-4H3/t18-/m1/s1. The van der Waals surface area contributed by atoms with Crippen molar-refractivity contribution in [3.8, 4) is 0 Å². The van der Waals surface area contributed by atoms with Crippen molar-refractivity contribution in [2.75, 3.05) is 25.1 Å². The number of anilines is 1. The first-order valence-corrected chi connectivity index (χ1v) is 10.9. The number of benzene rings is 1. The van der Waals surface area contributed by atoms with Crippen molar-refractivity contribution < 1.29 is 14.3 Å². The molecule has 0 spiro atoms. The number of rotatable bonds is 5. The summed E-state index contributed by atoms with van der Waals surface area (Å²) in [6.07, 6.45) is 1.94. The zero-order valence-corrected chi connectivity index (χ0v) is 18.7. The molecule has 1 fully saturated rings. The van der Waals surface area contributed by atoms with E-state index in [0.717, 1.165) is 34.9 Å². The van der Waals surface area contributed by atoms with Crippen LogP contribution in [-0.2, 0) is 27.3 Å². The van der Waals surface area contributed by atoms with E-state index in [1.54, 1.807) is 25.9 Å². The Kier molecular flexibility index (Phi) is 5.79. The van der Waals surface area contributed by atoms with Gasteiger partial charge < -0.3 is 9.64 Å². The van der Waals surface area contributed by atoms with Crippen LogP contribution in [0.5, 0.6) is 0 Å². The van der Waals surface area contributed by atoms with Crippen LogP contribution < -0.4 is 4.90 Å². The zero-order valence-electron chi connectivity index (χ0n) is 18.7. The number of aryl methyl sites for hydroxylation is 1. The van der Waals surface area contributed by atoms with Gasteiger partial charge in [-0.2, -0.15) is 0 Å². The van der Waals surface area contributed by atoms with Crippen molar-refractivity contribution in [3.63, 3.8) is 0 Å². The Morgan fingerprint density at radius 2 is 1.94 bits per heavy atom. The third-order valence-electron chi connectivity index (χ3n) is 6.40. The van der Waals surface area contributed by atoms with Gasteiger partial charge in [-0.1, -0.05) is 30.3 Å². The third-order valence-corrected chi connectivity index (χ3v) is 6.40. The molecular formula is C24H30N4O3. The zero-order chi connectivity index (χ0) is 22.2. The Morgan fingerprint density at radius 1 is 1.19 bits per heavy atom. The molecule has 0 bridgehead atoms. The minimum Gasteiger partial charge on any atom is -0.369 e. The molecule has 0 saturated carbocycles. The molecule has 0 N–H and O–H groups in total. The number of nitrogens with zero attached hydrogens (tertiary/aromatic N) is 4. The van der Waals surface area contributed by atoms with Crippen molar-refractivity contribution in [1.82, 2.24) is 14.9 Å². The van der Waals surface area contributed by atoms with E-state index < -0.39 is 5.60 Å². The molecule has 1 aromatic carbocycles. The first-order valence-electron chi connectivity index (χ1n) is 10.9. The predicted molar refractivity (Wildman–Crippen MR) is 118 cm³/mol. The fraction of sp³-hybridized carbons (Fsp3) is 0.500. The molecule has 7 nitrogen and oxygen atoms in total. The summed E-state index contributed by atoms with van der Waals surface area (Å²) in [4.78, 5) is 38.9. The second-order valence-corrected chi connectivity index (χ2v) is 8.89. The van der Waals surface area contributed by atoms with Gasteiger partial charge in [0, 0.05) is 43.8 Å². The highest BCUT2D eigenvalue weighted by Gasteiger charge is 2.38. The number of amides is 2. The van der Waals surface area contributed by atoms with Gasteiger partial charge in [-0.15, -0.1) is 0 Å². The number of hydrogen-bond donors (Lipinski definition) is 0. The fourth-order valence-electron chi connectivity index (χ4n) is 4.34. The lowest BCUT2D eigenvalue weighted by atomic mass is 10.0. The molecular weight excluding hydrogens is 392 g/mol. The summed E-state index contributed by atoms with van der Waals surface area (Å²) in [5.41, 5.74) is 2.19. The van der Waals surface area contributed by atoms with E-state index in [1.165, 1.54) is 0 Å². The SMILES string of the molecule is COC(C)(C)C(=O)N1CC[C@@H](c2nc(C)c3c(n2)N(Cc2ccccc2)C(=O)CC3)C1. The van der Waals surface area contributed by atoms with Crippen molar-refractivity contribution in [1.29, 1.82) is 0 Å². The van der Waals surface area contributed by atoms with Crippen LogP contribution in [0.15, 0.2) is 30.3 Å². The lowest BCUT2D eigenvalue weighted by molar-refractivity contribution is -0.149. The molecule has 7 heteroatoms. The molecule has 1 saturated heterocycles. The fourth-order valence-corrected chi connectivity index (χ4v) is 4.34. The number of aromatic nitrogens is 2. The highest BCUT2D eigenvalue weighted by Crippen LogP contribution is 2.33. The lowest BCUT2D eigenvalue weighted by Crippen LogP contribution is -2.45. The molecule has 164 valence electrons. The molecule has 1 aromatic heterocycles. The molecule has 2 aliphatic rings. The number of likely N-dealkylation sites (tertiary alicyclic amines) is 1. The number of carbonyl (C=O) groups excluding carboxylic acids is 2. The van der Waals surface area contributed by atoms with Crippen LogP contribution >= 0.6 is 0 Å². The number of fused-ring (bicyclic) bond motifs is 1. The molecule has 1 atom stereocenters. The predicted octanol–water partition coefficient (Wildman–Crippen LogP) is 3.01. The average molecular weight is 423 g/mol. The van der Waals surface area contributed by atoms with Crippen LogP contribution in [0.2, 0.25) is 0 Å². The first kappa shape index (κ1) is 21.4. The number of methoxy groups -OCH3 is 1. The number of hydrogen-bond acceptors (Lipinski definition) is 5. The smallest absolute Gasteiger partial charge is 0.254 e. The van der Waals surface area contributed by atoms with E-state index in [-0.39, 0.29) is 17.7 Å². The van der Waals surface area contributed by atoms with Crippen molar-refractivity contribution in [3.05, 3.63) is 53.0 Å². The third kappa shape index (κ3) is 4.19. The van der Waals surface area contributed by atoms with Crippen LogP contribution in [0.25, 0.3) is 0 Å². The largest absolute Gasteiger partial charge is 0.369 e. The highest BCUT2D eigenvalue weighted by molar-refractivity contribution is 5.95. The molecule has 4 rings (SSSR count). The van der Waals surface area contributed by atoms with Crippen LogP contribution in [-0.4, -0.2) is 52.5 Å². The van der Waals surface area contributed by atoms with E-state index in [9.17, 15) is 9.59 Å². The van der Waals surface area contributed by atoms with Gasteiger partial charge >= 0.3 is 0 Å². The lowest BCUT2D eigenvalue weighted by Gasteiger charge is -2.30. The summed E-state index contributed by atoms with van der Waals surface area (Å²) < 4.78 is 5.36. The van der Waals surface area contributed by atoms with E-state index in [1.807, 2.05) is 42.2 Å². The van der Waals surface area contributed by atoms with Crippen molar-refractivity contribution in [2.45, 2.75) is 58.1 Å². The average Bonchev–Trinajstić information content (AvgIpc) is 3.26. The van der Waals surface area contributed by atoms with E-state index in [0.29, 0.717) is 32.5 Å². The van der Waals surface area contributed by atoms with Gasteiger partial charge in [0.2, 0.25) is 5.91 Å². The molecule has 0 radical (unpaired) electrons. The normalized spacial score (nSPS) is 19.0. The maximum absolute atomic E-state index is 12.8. The van der Waals surface area contributed by atoms with Gasteiger partial charge in [0.15, 0.2) is 0 Å². The summed E-state index contributed by atoms with van der Waals surface area (Å²) in [6, 6.07) is 9.97. The topological polar surface area (TPSA) is 75.6 Å².